The molecule has 5 heteroatoms. The topological polar surface area (TPSA) is 38.9 Å². The molecule has 1 fully saturated rings. The fraction of sp³-hybridized carbons (Fsp3) is 0.277. The molecule has 0 spiro atoms. The Morgan fingerprint density at radius 2 is 1.60 bits per heavy atom. The number of aromatic nitrogens is 2. The minimum Gasteiger partial charge on any atom is -0.501 e. The van der Waals surface area contributed by atoms with Crippen LogP contribution in [0.2, 0.25) is 19.6 Å². The minimum atomic E-state index is -1.35. The second kappa shape index (κ2) is 15.8. The third-order valence-electron chi connectivity index (χ3n) is 10.8. The number of rotatable bonds is 6. The summed E-state index contributed by atoms with van der Waals surface area (Å²) >= 11 is 0. The smallest absolute Gasteiger partial charge is 0.121 e. The molecule has 52 heavy (non-hydrogen) atoms. The van der Waals surface area contributed by atoms with Crippen LogP contribution in [0.3, 0.4) is 0 Å². The molecule has 7 aromatic rings. The van der Waals surface area contributed by atoms with E-state index in [1.807, 2.05) is 30.5 Å². The van der Waals surface area contributed by atoms with Gasteiger partial charge in [-0.1, -0.05) is 121 Å². The Balaban J connectivity index is 0.000000165. The van der Waals surface area contributed by atoms with E-state index in [1.54, 1.807) is 10.8 Å². The maximum Gasteiger partial charge on any atom is 0.121 e. The standard InChI is InChI=1S/C27H20NO.C20H26NSi.Ir/c1-2-8-18(9-3-1)20-12-7-15-24-25(20)22-13-6-14-23(27(22)29-24)26-21-11-5-4-10-19(21)16-17-28-26;1-22(2,3)20-15-21-19(17-11-5-4-6-12-17)14-18(20)13-16-9-7-8-10-16;/h1-3,6-9,12-13,15-17H,4-5,10-11H2;4-6,11,14-16H,7-10,13H2,1-3H3;/q2*-1;. The first-order chi connectivity index (χ1) is 24.9. The predicted octanol–water partition coefficient (Wildman–Crippen LogP) is 11.8. The average Bonchev–Trinajstić information content (AvgIpc) is 3.83. The zero-order chi connectivity index (χ0) is 34.8. The van der Waals surface area contributed by atoms with Crippen molar-refractivity contribution in [2.75, 3.05) is 0 Å². The first kappa shape index (κ1) is 36.2. The molecule has 1 radical (unpaired) electrons. The molecule has 0 N–H and O–H groups in total. The van der Waals surface area contributed by atoms with Gasteiger partial charge in [0.15, 0.2) is 0 Å². The van der Waals surface area contributed by atoms with Crippen molar-refractivity contribution < 1.29 is 24.5 Å². The molecular weight excluding hydrogens is 829 g/mol. The van der Waals surface area contributed by atoms with Gasteiger partial charge in [0.05, 0.1) is 13.7 Å². The molecule has 0 saturated heterocycles. The fourth-order valence-electron chi connectivity index (χ4n) is 8.27. The number of pyridine rings is 2. The van der Waals surface area contributed by atoms with Gasteiger partial charge in [-0.3, -0.25) is 0 Å². The van der Waals surface area contributed by atoms with Gasteiger partial charge in [0, 0.05) is 37.9 Å². The van der Waals surface area contributed by atoms with Gasteiger partial charge >= 0.3 is 0 Å². The van der Waals surface area contributed by atoms with E-state index >= 15 is 0 Å². The number of hydrogen-bond donors (Lipinski definition) is 0. The van der Waals surface area contributed by atoms with E-state index in [0.717, 1.165) is 63.2 Å². The SMILES string of the molecule is C[Si](C)(C)c1cnc(-c2[c-]cccc2)cc1CC1CCCC1.[Ir].[c-]1ccc2c(oc3cccc(-c4ccccc4)c32)c1-c1nccc2c1CCCC2. The molecule has 0 amide bonds. The Morgan fingerprint density at radius 1 is 0.788 bits per heavy atom. The monoisotopic (exact) mass is 875 g/mol. The summed E-state index contributed by atoms with van der Waals surface area (Å²) in [5.41, 5.74) is 12.7. The molecule has 0 aliphatic heterocycles. The molecule has 4 aromatic carbocycles. The van der Waals surface area contributed by atoms with Crippen molar-refractivity contribution in [3.63, 3.8) is 0 Å². The fourth-order valence-corrected chi connectivity index (χ4v) is 9.86. The van der Waals surface area contributed by atoms with E-state index in [0.29, 0.717) is 0 Å². The second-order valence-corrected chi connectivity index (χ2v) is 20.4. The van der Waals surface area contributed by atoms with Gasteiger partial charge in [-0.2, -0.15) is 0 Å². The largest absolute Gasteiger partial charge is 0.501 e. The number of nitrogens with zero attached hydrogens (tertiary/aromatic N) is 2. The van der Waals surface area contributed by atoms with Crippen molar-refractivity contribution in [1.82, 2.24) is 9.97 Å². The zero-order valence-corrected chi connectivity index (χ0v) is 33.9. The van der Waals surface area contributed by atoms with E-state index in [-0.39, 0.29) is 20.1 Å². The Labute approximate surface area is 323 Å². The van der Waals surface area contributed by atoms with Crippen LogP contribution >= 0.6 is 0 Å². The molecule has 3 nitrogen and oxygen atoms in total. The van der Waals surface area contributed by atoms with E-state index in [4.69, 9.17) is 14.4 Å². The van der Waals surface area contributed by atoms with Crippen molar-refractivity contribution in [3.05, 3.63) is 138 Å². The Bertz CT molecular complexity index is 2290. The van der Waals surface area contributed by atoms with Gasteiger partial charge in [-0.15, -0.1) is 54.1 Å². The van der Waals surface area contributed by atoms with Crippen molar-refractivity contribution in [2.24, 2.45) is 5.92 Å². The third-order valence-corrected chi connectivity index (χ3v) is 12.9. The molecule has 0 atom stereocenters. The van der Waals surface area contributed by atoms with Crippen LogP contribution in [0.5, 0.6) is 0 Å². The van der Waals surface area contributed by atoms with Crippen LogP contribution in [0.15, 0.2) is 114 Å². The van der Waals surface area contributed by atoms with Gasteiger partial charge in [0.2, 0.25) is 0 Å². The molecule has 2 aliphatic carbocycles. The van der Waals surface area contributed by atoms with Gasteiger partial charge in [0.1, 0.15) is 5.58 Å². The minimum absolute atomic E-state index is 0. The molecule has 3 aromatic heterocycles. The van der Waals surface area contributed by atoms with Crippen molar-refractivity contribution in [2.45, 2.75) is 77.4 Å². The maximum atomic E-state index is 6.42. The van der Waals surface area contributed by atoms with E-state index < -0.39 is 8.07 Å². The molecular formula is C47H46IrN2OSi-2. The van der Waals surface area contributed by atoms with Crippen LogP contribution in [0.4, 0.5) is 0 Å². The quantitative estimate of drug-likeness (QED) is 0.123. The van der Waals surface area contributed by atoms with Crippen LogP contribution in [-0.2, 0) is 39.4 Å². The summed E-state index contributed by atoms with van der Waals surface area (Å²) in [4.78, 5) is 9.53. The van der Waals surface area contributed by atoms with Crippen LogP contribution in [0, 0.1) is 18.1 Å². The van der Waals surface area contributed by atoms with Crippen LogP contribution in [-0.4, -0.2) is 18.0 Å². The number of aryl methyl sites for hydroxylation is 1. The Morgan fingerprint density at radius 3 is 2.38 bits per heavy atom. The number of benzene rings is 4. The molecule has 0 bridgehead atoms. The summed E-state index contributed by atoms with van der Waals surface area (Å²) in [6, 6.07) is 40.4. The molecule has 0 unspecified atom stereocenters. The second-order valence-electron chi connectivity index (χ2n) is 15.4. The normalized spacial score (nSPS) is 14.4. The van der Waals surface area contributed by atoms with E-state index in [9.17, 15) is 0 Å². The molecule has 3 heterocycles. The number of fused-ring (bicyclic) bond motifs is 4. The maximum absolute atomic E-state index is 6.42. The summed E-state index contributed by atoms with van der Waals surface area (Å²) in [7, 11) is -1.35. The summed E-state index contributed by atoms with van der Waals surface area (Å²) in [5, 5.41) is 3.83. The third kappa shape index (κ3) is 7.50. The summed E-state index contributed by atoms with van der Waals surface area (Å²) in [6.07, 6.45) is 15.7. The van der Waals surface area contributed by atoms with Crippen molar-refractivity contribution in [1.29, 1.82) is 0 Å². The van der Waals surface area contributed by atoms with Crippen LogP contribution in [0.1, 0.15) is 55.2 Å². The van der Waals surface area contributed by atoms with Gasteiger partial charge in [0.25, 0.3) is 0 Å². The van der Waals surface area contributed by atoms with E-state index in [2.05, 4.69) is 111 Å². The Kier molecular flexibility index (Phi) is 11.0. The first-order valence-electron chi connectivity index (χ1n) is 18.8. The molecule has 1 saturated carbocycles. The predicted molar refractivity (Wildman–Crippen MR) is 215 cm³/mol. The first-order valence-corrected chi connectivity index (χ1v) is 22.3. The van der Waals surface area contributed by atoms with E-state index in [1.165, 1.54) is 67.2 Å². The van der Waals surface area contributed by atoms with Gasteiger partial charge < -0.3 is 14.4 Å². The number of hydrogen-bond acceptors (Lipinski definition) is 3. The van der Waals surface area contributed by atoms with Gasteiger partial charge in [-0.25, -0.2) is 0 Å². The van der Waals surface area contributed by atoms with Crippen molar-refractivity contribution >= 4 is 35.2 Å². The summed E-state index contributed by atoms with van der Waals surface area (Å²) in [6.45, 7) is 7.28. The molecule has 9 rings (SSSR count). The van der Waals surface area contributed by atoms with Crippen LogP contribution < -0.4 is 5.19 Å². The summed E-state index contributed by atoms with van der Waals surface area (Å²) < 4.78 is 6.42. The summed E-state index contributed by atoms with van der Waals surface area (Å²) in [5.74, 6) is 0.880. The number of furan rings is 1. The molecule has 265 valence electrons. The van der Waals surface area contributed by atoms with Gasteiger partial charge in [-0.05, 0) is 77.9 Å². The van der Waals surface area contributed by atoms with Crippen molar-refractivity contribution in [3.8, 4) is 33.6 Å². The van der Waals surface area contributed by atoms with Crippen LogP contribution in [0.25, 0.3) is 55.6 Å². The Hall–Kier alpha value is -4.15. The molecule has 2 aliphatic rings. The average molecular weight is 875 g/mol. The zero-order valence-electron chi connectivity index (χ0n) is 30.5.